The first kappa shape index (κ1) is 11.2. The van der Waals surface area contributed by atoms with Gasteiger partial charge in [0.2, 0.25) is 0 Å². The first-order valence-corrected chi connectivity index (χ1v) is 4.68. The van der Waals surface area contributed by atoms with Gasteiger partial charge in [0.25, 0.3) is 0 Å². The van der Waals surface area contributed by atoms with E-state index in [9.17, 15) is 4.79 Å². The van der Waals surface area contributed by atoms with E-state index in [4.69, 9.17) is 6.42 Å². The molecule has 0 aliphatic rings. The molecule has 0 N–H and O–H groups in total. The monoisotopic (exact) mass is 166 g/mol. The van der Waals surface area contributed by atoms with Crippen LogP contribution in [0.5, 0.6) is 0 Å². The van der Waals surface area contributed by atoms with Crippen LogP contribution in [0.1, 0.15) is 46.0 Å². The van der Waals surface area contributed by atoms with E-state index in [0.29, 0.717) is 12.2 Å². The maximum atomic E-state index is 11.3. The van der Waals surface area contributed by atoms with Crippen molar-refractivity contribution in [3.8, 4) is 12.3 Å². The molecular weight excluding hydrogens is 148 g/mol. The van der Waals surface area contributed by atoms with Crippen LogP contribution in [0, 0.1) is 18.3 Å². The molecule has 0 saturated carbocycles. The zero-order valence-electron chi connectivity index (χ0n) is 8.10. The summed E-state index contributed by atoms with van der Waals surface area (Å²) in [5.74, 6) is 3.14. The molecule has 0 bridgehead atoms. The van der Waals surface area contributed by atoms with Crippen molar-refractivity contribution in [1.82, 2.24) is 0 Å². The SMILES string of the molecule is C#CCCCC(=O)C(C)CCC. The maximum absolute atomic E-state index is 11.3. The molecule has 0 rings (SSSR count). The third-order valence-corrected chi connectivity index (χ3v) is 2.02. The third kappa shape index (κ3) is 4.96. The van der Waals surface area contributed by atoms with E-state index >= 15 is 0 Å². The molecule has 1 nitrogen and oxygen atoms in total. The molecule has 1 unspecified atom stereocenters. The van der Waals surface area contributed by atoms with Crippen LogP contribution < -0.4 is 0 Å². The van der Waals surface area contributed by atoms with Crippen molar-refractivity contribution in [1.29, 1.82) is 0 Å². The topological polar surface area (TPSA) is 17.1 Å². The van der Waals surface area contributed by atoms with E-state index in [1.165, 1.54) is 0 Å². The normalized spacial score (nSPS) is 12.1. The van der Waals surface area contributed by atoms with Gasteiger partial charge in [-0.2, -0.15) is 0 Å². The average molecular weight is 166 g/mol. The van der Waals surface area contributed by atoms with E-state index in [1.54, 1.807) is 0 Å². The molecule has 0 spiro atoms. The zero-order chi connectivity index (χ0) is 9.40. The number of terminal acetylenes is 1. The summed E-state index contributed by atoms with van der Waals surface area (Å²) in [6, 6.07) is 0. The molecule has 1 heteroatoms. The minimum atomic E-state index is 0.229. The number of hydrogen-bond acceptors (Lipinski definition) is 1. The molecule has 0 amide bonds. The molecule has 12 heavy (non-hydrogen) atoms. The lowest BCUT2D eigenvalue weighted by Gasteiger charge is -2.07. The minimum absolute atomic E-state index is 0.229. The van der Waals surface area contributed by atoms with Gasteiger partial charge < -0.3 is 0 Å². The van der Waals surface area contributed by atoms with Crippen LogP contribution in [0.25, 0.3) is 0 Å². The Labute approximate surface area is 75.5 Å². The Morgan fingerprint density at radius 1 is 1.58 bits per heavy atom. The second kappa shape index (κ2) is 6.91. The summed E-state index contributed by atoms with van der Waals surface area (Å²) >= 11 is 0. The Balaban J connectivity index is 3.51. The van der Waals surface area contributed by atoms with Crippen molar-refractivity contribution < 1.29 is 4.79 Å². The van der Waals surface area contributed by atoms with Gasteiger partial charge in [-0.1, -0.05) is 20.3 Å². The number of hydrogen-bond donors (Lipinski definition) is 0. The molecule has 0 aromatic rings. The van der Waals surface area contributed by atoms with Gasteiger partial charge in [0.15, 0.2) is 0 Å². The van der Waals surface area contributed by atoms with Crippen LogP contribution in [0.4, 0.5) is 0 Å². The van der Waals surface area contributed by atoms with Crippen LogP contribution in [0.3, 0.4) is 0 Å². The van der Waals surface area contributed by atoms with Crippen molar-refractivity contribution in [2.24, 2.45) is 5.92 Å². The molecule has 0 saturated heterocycles. The molecule has 0 aliphatic heterocycles. The number of Topliss-reactive ketones (excluding diaryl/α,β-unsaturated/α-hetero) is 1. The molecule has 0 fully saturated rings. The molecule has 1 atom stereocenters. The lowest BCUT2D eigenvalue weighted by molar-refractivity contribution is -0.122. The van der Waals surface area contributed by atoms with Crippen molar-refractivity contribution in [3.05, 3.63) is 0 Å². The van der Waals surface area contributed by atoms with Gasteiger partial charge in [-0.25, -0.2) is 0 Å². The molecule has 0 aliphatic carbocycles. The summed E-state index contributed by atoms with van der Waals surface area (Å²) in [6.07, 6.45) is 9.42. The van der Waals surface area contributed by atoms with Gasteiger partial charge in [0.1, 0.15) is 5.78 Å². The summed E-state index contributed by atoms with van der Waals surface area (Å²) in [5, 5.41) is 0. The number of ketones is 1. The fourth-order valence-electron chi connectivity index (χ4n) is 1.21. The molecule has 0 aromatic carbocycles. The zero-order valence-corrected chi connectivity index (χ0v) is 8.10. The van der Waals surface area contributed by atoms with Crippen LogP contribution in [0.15, 0.2) is 0 Å². The summed E-state index contributed by atoms with van der Waals surface area (Å²) in [4.78, 5) is 11.3. The van der Waals surface area contributed by atoms with Crippen molar-refractivity contribution in [3.63, 3.8) is 0 Å². The number of carbonyl (C=O) groups is 1. The van der Waals surface area contributed by atoms with E-state index in [0.717, 1.165) is 25.7 Å². The summed E-state index contributed by atoms with van der Waals surface area (Å²) in [6.45, 7) is 4.10. The molecular formula is C11H18O. The Morgan fingerprint density at radius 3 is 2.75 bits per heavy atom. The number of carbonyl (C=O) groups excluding carboxylic acids is 1. The fraction of sp³-hybridized carbons (Fsp3) is 0.727. The largest absolute Gasteiger partial charge is 0.299 e. The third-order valence-electron chi connectivity index (χ3n) is 2.02. The highest BCUT2D eigenvalue weighted by Gasteiger charge is 2.10. The van der Waals surface area contributed by atoms with E-state index in [-0.39, 0.29) is 5.92 Å². The second-order valence-electron chi connectivity index (χ2n) is 3.21. The minimum Gasteiger partial charge on any atom is -0.299 e. The van der Waals surface area contributed by atoms with Crippen LogP contribution >= 0.6 is 0 Å². The van der Waals surface area contributed by atoms with E-state index < -0.39 is 0 Å². The lowest BCUT2D eigenvalue weighted by atomic mass is 9.97. The summed E-state index contributed by atoms with van der Waals surface area (Å²) < 4.78 is 0. The van der Waals surface area contributed by atoms with E-state index in [2.05, 4.69) is 12.8 Å². The van der Waals surface area contributed by atoms with Gasteiger partial charge in [-0.3, -0.25) is 4.79 Å². The summed E-state index contributed by atoms with van der Waals surface area (Å²) in [5.41, 5.74) is 0. The Hall–Kier alpha value is -0.770. The summed E-state index contributed by atoms with van der Waals surface area (Å²) in [7, 11) is 0. The standard InChI is InChI=1S/C11H18O/c1-4-6-7-9-11(12)10(3)8-5-2/h1,10H,5-9H2,2-3H3. The number of rotatable bonds is 6. The van der Waals surface area contributed by atoms with Crippen molar-refractivity contribution >= 4 is 5.78 Å². The molecule has 0 heterocycles. The van der Waals surface area contributed by atoms with Gasteiger partial charge in [-0.15, -0.1) is 12.3 Å². The molecule has 68 valence electrons. The fourth-order valence-corrected chi connectivity index (χ4v) is 1.21. The van der Waals surface area contributed by atoms with E-state index in [1.807, 2.05) is 6.92 Å². The van der Waals surface area contributed by atoms with Crippen molar-refractivity contribution in [2.45, 2.75) is 46.0 Å². The predicted molar refractivity (Wildman–Crippen MR) is 51.8 cm³/mol. The highest BCUT2D eigenvalue weighted by atomic mass is 16.1. The lowest BCUT2D eigenvalue weighted by Crippen LogP contribution is -2.09. The highest BCUT2D eigenvalue weighted by molar-refractivity contribution is 5.80. The predicted octanol–water partition coefficient (Wildman–Crippen LogP) is 2.80. The van der Waals surface area contributed by atoms with Gasteiger partial charge in [0, 0.05) is 18.8 Å². The smallest absolute Gasteiger partial charge is 0.135 e. The van der Waals surface area contributed by atoms with Crippen LogP contribution in [0.2, 0.25) is 0 Å². The van der Waals surface area contributed by atoms with Gasteiger partial charge >= 0.3 is 0 Å². The Kier molecular flexibility index (Phi) is 6.47. The Bertz CT molecular complexity index is 164. The number of unbranched alkanes of at least 4 members (excludes halogenated alkanes) is 1. The quantitative estimate of drug-likeness (QED) is 0.438. The van der Waals surface area contributed by atoms with Crippen LogP contribution in [-0.4, -0.2) is 5.78 Å². The first-order chi connectivity index (χ1) is 5.72. The highest BCUT2D eigenvalue weighted by Crippen LogP contribution is 2.10. The first-order valence-electron chi connectivity index (χ1n) is 4.68. The van der Waals surface area contributed by atoms with Crippen molar-refractivity contribution in [2.75, 3.05) is 0 Å². The van der Waals surface area contributed by atoms with Crippen LogP contribution in [-0.2, 0) is 4.79 Å². The Morgan fingerprint density at radius 2 is 2.25 bits per heavy atom. The molecule has 0 aromatic heterocycles. The average Bonchev–Trinajstić information content (AvgIpc) is 2.05. The second-order valence-corrected chi connectivity index (χ2v) is 3.21. The van der Waals surface area contributed by atoms with Gasteiger partial charge in [-0.05, 0) is 12.8 Å². The van der Waals surface area contributed by atoms with Gasteiger partial charge in [0.05, 0.1) is 0 Å². The molecule has 0 radical (unpaired) electrons. The maximum Gasteiger partial charge on any atom is 0.135 e.